The lowest BCUT2D eigenvalue weighted by Gasteiger charge is -2.36. The van der Waals surface area contributed by atoms with Gasteiger partial charge in [-0.05, 0) is 62.3 Å². The summed E-state index contributed by atoms with van der Waals surface area (Å²) in [6.07, 6.45) is 4.98. The van der Waals surface area contributed by atoms with Crippen LogP contribution in [0.1, 0.15) is 40.1 Å². The topological polar surface area (TPSA) is 50.4 Å². The zero-order valence-corrected chi connectivity index (χ0v) is 17.6. The standard InChI is InChI=1S/C23H30N2O2S/c1-15-7-9-20(28-15)14-24-23(26)18-8-10-21(22(13-18)27-2)25-19-11-16-5-3-4-6-17(16)12-19/h3-7,9,18-19,21-22,25H,8,10-14H2,1-2H3,(H,24,26)/t18-,21-,22-/m0/s1. The Morgan fingerprint density at radius 1 is 1.14 bits per heavy atom. The molecule has 1 fully saturated rings. The van der Waals surface area contributed by atoms with Gasteiger partial charge >= 0.3 is 0 Å². The number of hydrogen-bond donors (Lipinski definition) is 2. The number of aryl methyl sites for hydroxylation is 1. The van der Waals surface area contributed by atoms with Gasteiger partial charge in [0.05, 0.1) is 12.6 Å². The highest BCUT2D eigenvalue weighted by atomic mass is 32.1. The van der Waals surface area contributed by atoms with Crippen molar-refractivity contribution in [3.63, 3.8) is 0 Å². The number of nitrogens with one attached hydrogen (secondary N) is 2. The second-order valence-corrected chi connectivity index (χ2v) is 9.53. The number of carbonyl (C=O) groups is 1. The molecule has 1 aromatic heterocycles. The third-order valence-electron chi connectivity index (χ3n) is 6.20. The summed E-state index contributed by atoms with van der Waals surface area (Å²) in [5, 5.41) is 6.95. The number of fused-ring (bicyclic) bond motifs is 1. The number of hydrogen-bond acceptors (Lipinski definition) is 4. The van der Waals surface area contributed by atoms with Gasteiger partial charge in [-0.25, -0.2) is 0 Å². The van der Waals surface area contributed by atoms with Gasteiger partial charge in [0.2, 0.25) is 5.91 Å². The molecule has 3 atom stereocenters. The first-order chi connectivity index (χ1) is 13.6. The first-order valence-electron chi connectivity index (χ1n) is 10.3. The highest BCUT2D eigenvalue weighted by Crippen LogP contribution is 2.29. The van der Waals surface area contributed by atoms with Crippen molar-refractivity contribution in [3.8, 4) is 0 Å². The monoisotopic (exact) mass is 398 g/mol. The Morgan fingerprint density at radius 2 is 1.89 bits per heavy atom. The minimum absolute atomic E-state index is 0.0461. The molecule has 2 aliphatic rings. The summed E-state index contributed by atoms with van der Waals surface area (Å²) in [7, 11) is 1.78. The molecule has 28 heavy (non-hydrogen) atoms. The molecule has 4 rings (SSSR count). The number of thiophene rings is 1. The average molecular weight is 399 g/mol. The van der Waals surface area contributed by atoms with Gasteiger partial charge in [0.15, 0.2) is 0 Å². The zero-order chi connectivity index (χ0) is 19.5. The minimum atomic E-state index is 0.0461. The van der Waals surface area contributed by atoms with E-state index in [0.717, 1.165) is 32.1 Å². The van der Waals surface area contributed by atoms with Crippen LogP contribution in [0.4, 0.5) is 0 Å². The lowest BCUT2D eigenvalue weighted by molar-refractivity contribution is -0.128. The fourth-order valence-electron chi connectivity index (χ4n) is 4.70. The first kappa shape index (κ1) is 19.6. The van der Waals surface area contributed by atoms with E-state index in [-0.39, 0.29) is 17.9 Å². The first-order valence-corrected chi connectivity index (χ1v) is 11.1. The molecule has 0 spiro atoms. The van der Waals surface area contributed by atoms with Crippen LogP contribution in [-0.4, -0.2) is 31.2 Å². The number of benzene rings is 1. The molecule has 0 aliphatic heterocycles. The van der Waals surface area contributed by atoms with Crippen LogP contribution in [0.25, 0.3) is 0 Å². The molecule has 2 aromatic rings. The Hall–Kier alpha value is -1.69. The zero-order valence-electron chi connectivity index (χ0n) is 16.7. The molecular weight excluding hydrogens is 368 g/mol. The maximum atomic E-state index is 12.7. The van der Waals surface area contributed by atoms with Gasteiger partial charge in [-0.1, -0.05) is 24.3 Å². The Morgan fingerprint density at radius 3 is 2.54 bits per heavy atom. The van der Waals surface area contributed by atoms with Crippen molar-refractivity contribution in [3.05, 3.63) is 57.3 Å². The van der Waals surface area contributed by atoms with E-state index in [1.54, 1.807) is 18.4 Å². The molecule has 1 aromatic carbocycles. The van der Waals surface area contributed by atoms with Gasteiger partial charge in [0, 0.05) is 34.9 Å². The lowest BCUT2D eigenvalue weighted by atomic mass is 9.82. The Labute approximate surface area is 171 Å². The van der Waals surface area contributed by atoms with Crippen LogP contribution >= 0.6 is 11.3 Å². The Bertz CT molecular complexity index is 793. The van der Waals surface area contributed by atoms with Crippen molar-refractivity contribution in [2.75, 3.05) is 7.11 Å². The van der Waals surface area contributed by atoms with E-state index in [1.165, 1.54) is 20.9 Å². The molecule has 5 heteroatoms. The van der Waals surface area contributed by atoms with E-state index in [0.29, 0.717) is 18.6 Å². The van der Waals surface area contributed by atoms with E-state index >= 15 is 0 Å². The summed E-state index contributed by atoms with van der Waals surface area (Å²) in [6, 6.07) is 13.7. The summed E-state index contributed by atoms with van der Waals surface area (Å²) in [4.78, 5) is 15.2. The molecule has 4 nitrogen and oxygen atoms in total. The smallest absolute Gasteiger partial charge is 0.223 e. The van der Waals surface area contributed by atoms with Crippen molar-refractivity contribution in [1.29, 1.82) is 0 Å². The van der Waals surface area contributed by atoms with E-state index in [9.17, 15) is 4.79 Å². The second kappa shape index (κ2) is 8.76. The molecule has 2 N–H and O–H groups in total. The van der Waals surface area contributed by atoms with Crippen LogP contribution < -0.4 is 10.6 Å². The van der Waals surface area contributed by atoms with E-state index in [2.05, 4.69) is 54.0 Å². The van der Waals surface area contributed by atoms with Crippen LogP contribution in [0, 0.1) is 12.8 Å². The van der Waals surface area contributed by atoms with Crippen LogP contribution in [-0.2, 0) is 28.9 Å². The van der Waals surface area contributed by atoms with Crippen LogP contribution in [0.15, 0.2) is 36.4 Å². The van der Waals surface area contributed by atoms with Gasteiger partial charge in [-0.15, -0.1) is 11.3 Å². The molecule has 150 valence electrons. The Kier molecular flexibility index (Phi) is 6.14. The molecule has 1 heterocycles. The maximum Gasteiger partial charge on any atom is 0.223 e. The number of amides is 1. The molecule has 0 radical (unpaired) electrons. The third-order valence-corrected chi connectivity index (χ3v) is 7.20. The average Bonchev–Trinajstić information content (AvgIpc) is 3.31. The number of methoxy groups -OCH3 is 1. The van der Waals surface area contributed by atoms with Crippen molar-refractivity contribution in [2.24, 2.45) is 5.92 Å². The van der Waals surface area contributed by atoms with Crippen molar-refractivity contribution < 1.29 is 9.53 Å². The fraction of sp³-hybridized carbons (Fsp3) is 0.522. The molecular formula is C23H30N2O2S. The molecule has 2 aliphatic carbocycles. The van der Waals surface area contributed by atoms with Crippen LogP contribution in [0.2, 0.25) is 0 Å². The van der Waals surface area contributed by atoms with E-state index in [4.69, 9.17) is 4.74 Å². The predicted octanol–water partition coefficient (Wildman–Crippen LogP) is 3.61. The Balaban J connectivity index is 1.28. The second-order valence-electron chi connectivity index (χ2n) is 8.16. The summed E-state index contributed by atoms with van der Waals surface area (Å²) in [6.45, 7) is 2.73. The highest BCUT2D eigenvalue weighted by Gasteiger charge is 2.35. The van der Waals surface area contributed by atoms with E-state index in [1.807, 2.05) is 0 Å². The van der Waals surface area contributed by atoms with Crippen molar-refractivity contribution in [1.82, 2.24) is 10.6 Å². The van der Waals surface area contributed by atoms with Gasteiger partial charge in [-0.3, -0.25) is 4.79 Å². The fourth-order valence-corrected chi connectivity index (χ4v) is 5.53. The normalized spacial score (nSPS) is 24.9. The predicted molar refractivity (Wildman–Crippen MR) is 114 cm³/mol. The summed E-state index contributed by atoms with van der Waals surface area (Å²) in [5.74, 6) is 0.213. The van der Waals surface area contributed by atoms with Gasteiger partial charge in [-0.2, -0.15) is 0 Å². The van der Waals surface area contributed by atoms with Gasteiger partial charge < -0.3 is 15.4 Å². The summed E-state index contributed by atoms with van der Waals surface area (Å²) >= 11 is 1.74. The maximum absolute atomic E-state index is 12.7. The lowest BCUT2D eigenvalue weighted by Crippen LogP contribution is -2.51. The number of carbonyl (C=O) groups excluding carboxylic acids is 1. The molecule has 0 unspecified atom stereocenters. The van der Waals surface area contributed by atoms with Gasteiger partial charge in [0.25, 0.3) is 0 Å². The minimum Gasteiger partial charge on any atom is -0.380 e. The SMILES string of the molecule is CO[C@H]1C[C@@H](C(=O)NCc2ccc(C)s2)CC[C@@H]1NC1Cc2ccccc2C1. The largest absolute Gasteiger partial charge is 0.380 e. The summed E-state index contributed by atoms with van der Waals surface area (Å²) in [5.41, 5.74) is 2.93. The van der Waals surface area contributed by atoms with Crippen LogP contribution in [0.5, 0.6) is 0 Å². The molecule has 1 amide bonds. The number of ether oxygens (including phenoxy) is 1. The quantitative estimate of drug-likeness (QED) is 0.781. The third kappa shape index (κ3) is 4.48. The van der Waals surface area contributed by atoms with Crippen molar-refractivity contribution in [2.45, 2.75) is 63.8 Å². The van der Waals surface area contributed by atoms with Gasteiger partial charge in [0.1, 0.15) is 0 Å². The number of rotatable bonds is 6. The molecule has 0 bridgehead atoms. The summed E-state index contributed by atoms with van der Waals surface area (Å²) < 4.78 is 5.80. The van der Waals surface area contributed by atoms with Crippen molar-refractivity contribution >= 4 is 17.2 Å². The van der Waals surface area contributed by atoms with Crippen LogP contribution in [0.3, 0.4) is 0 Å². The highest BCUT2D eigenvalue weighted by molar-refractivity contribution is 7.11. The van der Waals surface area contributed by atoms with E-state index < -0.39 is 0 Å². The molecule has 1 saturated carbocycles. The molecule has 0 saturated heterocycles.